The second-order valence-electron chi connectivity index (χ2n) is 5.51. The summed E-state index contributed by atoms with van der Waals surface area (Å²) >= 11 is 0. The first-order chi connectivity index (χ1) is 9.89. The van der Waals surface area contributed by atoms with Crippen molar-refractivity contribution in [2.24, 2.45) is 16.8 Å². The molecule has 1 aliphatic carbocycles. The molecule has 1 amide bonds. The smallest absolute Gasteiger partial charge is 0.251 e. The van der Waals surface area contributed by atoms with Gasteiger partial charge < -0.3 is 11.1 Å². The number of hydrogen-bond donors (Lipinski definition) is 3. The molecule has 0 bridgehead atoms. The Hall–Kier alpha value is -1.44. The molecule has 2 atom stereocenters. The van der Waals surface area contributed by atoms with Gasteiger partial charge in [-0.15, -0.1) is 0 Å². The molecular formula is C14H21N3O3S. The summed E-state index contributed by atoms with van der Waals surface area (Å²) in [4.78, 5) is 12.2. The van der Waals surface area contributed by atoms with Gasteiger partial charge in [-0.25, -0.2) is 13.6 Å². The fraction of sp³-hybridized carbons (Fsp3) is 0.500. The van der Waals surface area contributed by atoms with Crippen molar-refractivity contribution in [3.05, 3.63) is 35.4 Å². The second-order valence-corrected chi connectivity index (χ2v) is 7.13. The maximum absolute atomic E-state index is 12.2. The van der Waals surface area contributed by atoms with Crippen molar-refractivity contribution >= 4 is 15.9 Å². The van der Waals surface area contributed by atoms with Gasteiger partial charge >= 0.3 is 0 Å². The molecule has 5 N–H and O–H groups in total. The standard InChI is InChI=1S/C14H21N3O3S/c15-8-12-2-1-3-13(12)17-14(18)11-6-4-10(5-7-11)9-21(16,19)20/h4-7,12-13H,1-3,8-9,15H2,(H,17,18)(H2,16,19,20). The van der Waals surface area contributed by atoms with Gasteiger partial charge in [-0.05, 0) is 43.0 Å². The van der Waals surface area contributed by atoms with Gasteiger partial charge in [-0.3, -0.25) is 4.79 Å². The molecule has 1 aliphatic rings. The van der Waals surface area contributed by atoms with Crippen LogP contribution in [0.5, 0.6) is 0 Å². The predicted octanol–water partition coefficient (Wildman–Crippen LogP) is 0.332. The maximum Gasteiger partial charge on any atom is 0.251 e. The highest BCUT2D eigenvalue weighted by atomic mass is 32.2. The van der Waals surface area contributed by atoms with E-state index in [0.717, 1.165) is 19.3 Å². The van der Waals surface area contributed by atoms with Crippen molar-refractivity contribution in [2.75, 3.05) is 6.54 Å². The minimum atomic E-state index is -3.55. The molecule has 7 heteroatoms. The predicted molar refractivity (Wildman–Crippen MR) is 80.9 cm³/mol. The number of benzene rings is 1. The number of nitrogens with two attached hydrogens (primary N) is 2. The molecule has 6 nitrogen and oxygen atoms in total. The summed E-state index contributed by atoms with van der Waals surface area (Å²) in [6, 6.07) is 6.57. The number of rotatable bonds is 5. The zero-order valence-corrected chi connectivity index (χ0v) is 12.6. The summed E-state index contributed by atoms with van der Waals surface area (Å²) in [5.74, 6) is -0.0367. The van der Waals surface area contributed by atoms with Crippen LogP contribution < -0.4 is 16.2 Å². The molecule has 1 aromatic rings. The zero-order chi connectivity index (χ0) is 15.5. The molecule has 1 aromatic carbocycles. The van der Waals surface area contributed by atoms with Gasteiger partial charge in [0.05, 0.1) is 5.75 Å². The Morgan fingerprint density at radius 3 is 2.48 bits per heavy atom. The lowest BCUT2D eigenvalue weighted by Gasteiger charge is -2.19. The number of amides is 1. The van der Waals surface area contributed by atoms with Gasteiger partial charge in [-0.2, -0.15) is 0 Å². The van der Waals surface area contributed by atoms with E-state index in [2.05, 4.69) is 5.32 Å². The molecular weight excluding hydrogens is 290 g/mol. The van der Waals surface area contributed by atoms with E-state index in [1.807, 2.05) is 0 Å². The highest BCUT2D eigenvalue weighted by molar-refractivity contribution is 7.88. The summed E-state index contributed by atoms with van der Waals surface area (Å²) in [5, 5.41) is 7.99. The van der Waals surface area contributed by atoms with Crippen LogP contribution in [0.25, 0.3) is 0 Å². The summed E-state index contributed by atoms with van der Waals surface area (Å²) in [6.07, 6.45) is 3.09. The highest BCUT2D eigenvalue weighted by Gasteiger charge is 2.27. The van der Waals surface area contributed by atoms with E-state index in [4.69, 9.17) is 10.9 Å². The number of nitrogens with one attached hydrogen (secondary N) is 1. The van der Waals surface area contributed by atoms with Crippen LogP contribution in [-0.2, 0) is 15.8 Å². The number of hydrogen-bond acceptors (Lipinski definition) is 4. The number of carbonyl (C=O) groups is 1. The third-order valence-electron chi connectivity index (χ3n) is 3.86. The first-order valence-corrected chi connectivity index (χ1v) is 8.71. The molecule has 116 valence electrons. The lowest BCUT2D eigenvalue weighted by molar-refractivity contribution is 0.0929. The van der Waals surface area contributed by atoms with Gasteiger partial charge in [-0.1, -0.05) is 18.6 Å². The Morgan fingerprint density at radius 2 is 1.90 bits per heavy atom. The number of sulfonamides is 1. The summed E-state index contributed by atoms with van der Waals surface area (Å²) < 4.78 is 22.0. The van der Waals surface area contributed by atoms with E-state index in [-0.39, 0.29) is 17.7 Å². The van der Waals surface area contributed by atoms with E-state index in [0.29, 0.717) is 23.6 Å². The first kappa shape index (κ1) is 15.9. The topological polar surface area (TPSA) is 115 Å². The van der Waals surface area contributed by atoms with E-state index in [9.17, 15) is 13.2 Å². The van der Waals surface area contributed by atoms with E-state index in [1.165, 1.54) is 0 Å². The van der Waals surface area contributed by atoms with Crippen LogP contribution in [0.4, 0.5) is 0 Å². The van der Waals surface area contributed by atoms with E-state index >= 15 is 0 Å². The molecule has 2 rings (SSSR count). The van der Waals surface area contributed by atoms with Crippen molar-refractivity contribution in [1.29, 1.82) is 0 Å². The summed E-state index contributed by atoms with van der Waals surface area (Å²) in [6.45, 7) is 0.582. The molecule has 0 saturated heterocycles. The highest BCUT2D eigenvalue weighted by Crippen LogP contribution is 2.24. The van der Waals surface area contributed by atoms with Crippen LogP contribution in [0.1, 0.15) is 35.2 Å². The first-order valence-electron chi connectivity index (χ1n) is 6.99. The molecule has 0 spiro atoms. The monoisotopic (exact) mass is 311 g/mol. The fourth-order valence-corrected chi connectivity index (χ4v) is 3.40. The quantitative estimate of drug-likeness (QED) is 0.727. The minimum absolute atomic E-state index is 0.131. The molecule has 1 saturated carbocycles. The van der Waals surface area contributed by atoms with E-state index in [1.54, 1.807) is 24.3 Å². The van der Waals surface area contributed by atoms with Crippen molar-refractivity contribution in [2.45, 2.75) is 31.1 Å². The third-order valence-corrected chi connectivity index (χ3v) is 4.60. The number of carbonyl (C=O) groups excluding carboxylic acids is 1. The van der Waals surface area contributed by atoms with Gasteiger partial charge in [0, 0.05) is 11.6 Å². The molecule has 21 heavy (non-hydrogen) atoms. The molecule has 0 heterocycles. The van der Waals surface area contributed by atoms with Gasteiger partial charge in [0.1, 0.15) is 0 Å². The van der Waals surface area contributed by atoms with Crippen molar-refractivity contribution < 1.29 is 13.2 Å². The molecule has 1 fully saturated rings. The van der Waals surface area contributed by atoms with Crippen LogP contribution >= 0.6 is 0 Å². The lowest BCUT2D eigenvalue weighted by atomic mass is 10.0. The van der Waals surface area contributed by atoms with Crippen molar-refractivity contribution in [3.8, 4) is 0 Å². The second kappa shape index (κ2) is 6.55. The van der Waals surface area contributed by atoms with Crippen LogP contribution in [0.2, 0.25) is 0 Å². The van der Waals surface area contributed by atoms with Crippen LogP contribution in [0.3, 0.4) is 0 Å². The Bertz CT molecular complexity index is 598. The van der Waals surface area contributed by atoms with Crippen LogP contribution in [-0.4, -0.2) is 26.9 Å². The van der Waals surface area contributed by atoms with Crippen molar-refractivity contribution in [1.82, 2.24) is 5.32 Å². The normalized spacial score (nSPS) is 22.2. The van der Waals surface area contributed by atoms with Gasteiger partial charge in [0.15, 0.2) is 0 Å². The average Bonchev–Trinajstić information content (AvgIpc) is 2.85. The maximum atomic E-state index is 12.2. The van der Waals surface area contributed by atoms with Crippen LogP contribution in [0.15, 0.2) is 24.3 Å². The zero-order valence-electron chi connectivity index (χ0n) is 11.8. The SMILES string of the molecule is NCC1CCCC1NC(=O)c1ccc(CS(N)(=O)=O)cc1. The Kier molecular flexibility index (Phi) is 4.97. The molecule has 0 radical (unpaired) electrons. The average molecular weight is 311 g/mol. The summed E-state index contributed by atoms with van der Waals surface area (Å²) in [5.41, 5.74) is 6.77. The Balaban J connectivity index is 2.00. The van der Waals surface area contributed by atoms with Crippen LogP contribution in [0, 0.1) is 5.92 Å². The van der Waals surface area contributed by atoms with Gasteiger partial charge in [0.2, 0.25) is 10.0 Å². The molecule has 0 aromatic heterocycles. The number of primary sulfonamides is 1. The van der Waals surface area contributed by atoms with Crippen molar-refractivity contribution in [3.63, 3.8) is 0 Å². The largest absolute Gasteiger partial charge is 0.349 e. The van der Waals surface area contributed by atoms with Gasteiger partial charge in [0.25, 0.3) is 5.91 Å². The fourth-order valence-electron chi connectivity index (χ4n) is 2.75. The summed E-state index contributed by atoms with van der Waals surface area (Å²) in [7, 11) is -3.55. The minimum Gasteiger partial charge on any atom is -0.349 e. The lowest BCUT2D eigenvalue weighted by Crippen LogP contribution is -2.39. The Morgan fingerprint density at radius 1 is 1.24 bits per heavy atom. The molecule has 2 unspecified atom stereocenters. The molecule has 0 aliphatic heterocycles. The Labute approximate surface area is 124 Å². The van der Waals surface area contributed by atoms with E-state index < -0.39 is 10.0 Å². The third kappa shape index (κ3) is 4.52.